The van der Waals surface area contributed by atoms with Crippen LogP contribution in [-0.4, -0.2) is 4.57 Å². The molecule has 0 bridgehead atoms. The third kappa shape index (κ3) is 3.56. The van der Waals surface area contributed by atoms with E-state index in [9.17, 15) is 0 Å². The van der Waals surface area contributed by atoms with Crippen molar-refractivity contribution in [2.75, 3.05) is 0 Å². The van der Waals surface area contributed by atoms with E-state index >= 15 is 0 Å². The van der Waals surface area contributed by atoms with Crippen LogP contribution in [0.15, 0.2) is 152 Å². The third-order valence-electron chi connectivity index (χ3n) is 8.58. The summed E-state index contributed by atoms with van der Waals surface area (Å²) < 4.78 is 5.11. The molecule has 0 aliphatic rings. The van der Waals surface area contributed by atoms with Gasteiger partial charge in [-0.25, -0.2) is 0 Å². The Balaban J connectivity index is 1.32. The zero-order valence-electron chi connectivity index (χ0n) is 22.8. The molecule has 0 aliphatic heterocycles. The number of thiophene rings is 1. The summed E-state index contributed by atoms with van der Waals surface area (Å²) in [5.41, 5.74) is 8.55. The van der Waals surface area contributed by atoms with Gasteiger partial charge in [0, 0.05) is 36.6 Å². The van der Waals surface area contributed by atoms with Crippen LogP contribution in [0, 0.1) is 0 Å². The van der Waals surface area contributed by atoms with E-state index in [0.717, 1.165) is 0 Å². The van der Waals surface area contributed by atoms with Gasteiger partial charge in [0.15, 0.2) is 0 Å². The lowest BCUT2D eigenvalue weighted by Crippen LogP contribution is -1.94. The Morgan fingerprint density at radius 2 is 1.05 bits per heavy atom. The molecule has 7 aromatic carbocycles. The monoisotopic (exact) mass is 551 g/mol. The average molecular weight is 552 g/mol. The summed E-state index contributed by atoms with van der Waals surface area (Å²) in [6, 6.07) is 55.5. The fraction of sp³-hybridized carbons (Fsp3) is 0. The first-order valence-electron chi connectivity index (χ1n) is 14.4. The van der Waals surface area contributed by atoms with Crippen molar-refractivity contribution in [3.05, 3.63) is 152 Å². The Morgan fingerprint density at radius 3 is 1.95 bits per heavy atom. The molecule has 0 atom stereocenters. The highest BCUT2D eigenvalue weighted by Gasteiger charge is 2.17. The van der Waals surface area contributed by atoms with Crippen LogP contribution < -0.4 is 0 Å². The quantitative estimate of drug-likeness (QED) is 0.206. The van der Waals surface area contributed by atoms with Gasteiger partial charge >= 0.3 is 0 Å². The molecule has 0 amide bonds. The van der Waals surface area contributed by atoms with E-state index in [1.54, 1.807) is 0 Å². The maximum absolute atomic E-state index is 2.43. The SMILES string of the molecule is c1ccc(-c2cccc(-n3c4ccc(-c5ccc6sc7ccccc7c6c5)cc4c4c5ccccc5ccc43)c2)cc1. The number of fused-ring (bicyclic) bond motifs is 8. The van der Waals surface area contributed by atoms with Crippen LogP contribution in [0.2, 0.25) is 0 Å². The number of hydrogen-bond acceptors (Lipinski definition) is 1. The van der Waals surface area contributed by atoms with Crippen LogP contribution in [0.3, 0.4) is 0 Å². The van der Waals surface area contributed by atoms with Crippen LogP contribution in [0.5, 0.6) is 0 Å². The number of hydrogen-bond donors (Lipinski definition) is 0. The summed E-state index contributed by atoms with van der Waals surface area (Å²) in [4.78, 5) is 0. The zero-order valence-corrected chi connectivity index (χ0v) is 23.6. The van der Waals surface area contributed by atoms with Crippen molar-refractivity contribution in [3.8, 4) is 27.9 Å². The molecule has 0 N–H and O–H groups in total. The van der Waals surface area contributed by atoms with Gasteiger partial charge in [-0.3, -0.25) is 0 Å². The van der Waals surface area contributed by atoms with Crippen LogP contribution in [0.4, 0.5) is 0 Å². The van der Waals surface area contributed by atoms with E-state index in [-0.39, 0.29) is 0 Å². The highest BCUT2D eigenvalue weighted by atomic mass is 32.1. The Hall–Kier alpha value is -5.18. The zero-order chi connectivity index (χ0) is 27.6. The predicted octanol–water partition coefficient (Wildman–Crippen LogP) is 11.6. The highest BCUT2D eigenvalue weighted by Crippen LogP contribution is 2.41. The molecule has 0 saturated carbocycles. The van der Waals surface area contributed by atoms with Crippen molar-refractivity contribution in [1.82, 2.24) is 4.57 Å². The second-order valence-electron chi connectivity index (χ2n) is 11.0. The van der Waals surface area contributed by atoms with Crippen LogP contribution in [-0.2, 0) is 0 Å². The molecule has 0 saturated heterocycles. The van der Waals surface area contributed by atoms with Gasteiger partial charge < -0.3 is 4.57 Å². The predicted molar refractivity (Wildman–Crippen MR) is 182 cm³/mol. The lowest BCUT2D eigenvalue weighted by atomic mass is 9.99. The minimum atomic E-state index is 1.17. The Bertz CT molecular complexity index is 2460. The van der Waals surface area contributed by atoms with Gasteiger partial charge in [0.05, 0.1) is 11.0 Å². The number of aromatic nitrogens is 1. The Kier molecular flexibility index (Phi) is 5.13. The maximum atomic E-state index is 2.43. The molecular weight excluding hydrogens is 527 g/mol. The smallest absolute Gasteiger partial charge is 0.0547 e. The first-order chi connectivity index (χ1) is 20.8. The van der Waals surface area contributed by atoms with Gasteiger partial charge in [-0.05, 0) is 81.6 Å². The summed E-state index contributed by atoms with van der Waals surface area (Å²) in [6.07, 6.45) is 0. The molecule has 2 heterocycles. The molecule has 0 radical (unpaired) electrons. The first-order valence-corrected chi connectivity index (χ1v) is 15.2. The van der Waals surface area contributed by atoms with E-state index in [2.05, 4.69) is 156 Å². The standard InChI is InChI=1S/C40H25NS/c1-2-9-26(10-3-1)28-12-8-13-31(23-28)41-36-20-18-29(25-35(36)40-32-14-5-4-11-27(32)17-21-37(40)41)30-19-22-39-34(24-30)33-15-6-7-16-38(33)42-39/h1-25H. The minimum Gasteiger partial charge on any atom is -0.309 e. The molecule has 0 unspecified atom stereocenters. The molecule has 9 aromatic rings. The summed E-state index contributed by atoms with van der Waals surface area (Å²) in [5.74, 6) is 0. The summed E-state index contributed by atoms with van der Waals surface area (Å²) in [5, 5.41) is 7.80. The number of benzene rings is 7. The molecule has 0 aliphatic carbocycles. The lowest BCUT2D eigenvalue weighted by molar-refractivity contribution is 1.18. The third-order valence-corrected chi connectivity index (χ3v) is 9.73. The van der Waals surface area contributed by atoms with Crippen LogP contribution >= 0.6 is 11.3 Å². The summed E-state index contributed by atoms with van der Waals surface area (Å²) >= 11 is 1.87. The first kappa shape index (κ1) is 23.5. The molecule has 0 fully saturated rings. The van der Waals surface area contributed by atoms with Crippen molar-refractivity contribution in [2.45, 2.75) is 0 Å². The summed E-state index contributed by atoms with van der Waals surface area (Å²) in [6.45, 7) is 0. The fourth-order valence-electron chi connectivity index (χ4n) is 6.61. The van der Waals surface area contributed by atoms with E-state index in [1.807, 2.05) is 11.3 Å². The topological polar surface area (TPSA) is 4.93 Å². The van der Waals surface area contributed by atoms with E-state index in [4.69, 9.17) is 0 Å². The molecular formula is C40H25NS. The van der Waals surface area contributed by atoms with Crippen molar-refractivity contribution in [3.63, 3.8) is 0 Å². The molecule has 2 heteroatoms. The minimum absolute atomic E-state index is 1.17. The van der Waals surface area contributed by atoms with E-state index in [1.165, 1.54) is 80.7 Å². The number of nitrogens with zero attached hydrogens (tertiary/aromatic N) is 1. The molecule has 42 heavy (non-hydrogen) atoms. The molecule has 1 nitrogen and oxygen atoms in total. The van der Waals surface area contributed by atoms with Crippen molar-refractivity contribution < 1.29 is 0 Å². The number of rotatable bonds is 3. The van der Waals surface area contributed by atoms with Gasteiger partial charge in [-0.15, -0.1) is 11.3 Å². The lowest BCUT2D eigenvalue weighted by Gasteiger charge is -2.11. The molecule has 196 valence electrons. The Morgan fingerprint density at radius 1 is 0.381 bits per heavy atom. The second-order valence-corrected chi connectivity index (χ2v) is 12.1. The van der Waals surface area contributed by atoms with Crippen molar-refractivity contribution >= 4 is 64.1 Å². The molecule has 9 rings (SSSR count). The van der Waals surface area contributed by atoms with Gasteiger partial charge in [0.2, 0.25) is 0 Å². The summed E-state index contributed by atoms with van der Waals surface area (Å²) in [7, 11) is 0. The largest absolute Gasteiger partial charge is 0.309 e. The maximum Gasteiger partial charge on any atom is 0.0547 e. The van der Waals surface area contributed by atoms with E-state index in [0.29, 0.717) is 0 Å². The molecule has 0 spiro atoms. The normalized spacial score (nSPS) is 11.8. The van der Waals surface area contributed by atoms with E-state index < -0.39 is 0 Å². The van der Waals surface area contributed by atoms with Crippen LogP contribution in [0.1, 0.15) is 0 Å². The van der Waals surface area contributed by atoms with Gasteiger partial charge in [0.1, 0.15) is 0 Å². The van der Waals surface area contributed by atoms with Gasteiger partial charge in [-0.2, -0.15) is 0 Å². The fourth-order valence-corrected chi connectivity index (χ4v) is 7.70. The van der Waals surface area contributed by atoms with Crippen molar-refractivity contribution in [1.29, 1.82) is 0 Å². The van der Waals surface area contributed by atoms with Gasteiger partial charge in [-0.1, -0.05) is 103 Å². The van der Waals surface area contributed by atoms with Crippen molar-refractivity contribution in [2.24, 2.45) is 0 Å². The Labute approximate surface area is 247 Å². The van der Waals surface area contributed by atoms with Gasteiger partial charge in [0.25, 0.3) is 0 Å². The highest BCUT2D eigenvalue weighted by molar-refractivity contribution is 7.25. The second kappa shape index (κ2) is 9.17. The van der Waals surface area contributed by atoms with Crippen LogP contribution in [0.25, 0.3) is 80.7 Å². The molecule has 2 aromatic heterocycles. The average Bonchev–Trinajstić information content (AvgIpc) is 3.60.